The van der Waals surface area contributed by atoms with Gasteiger partial charge in [0.15, 0.2) is 17.3 Å². The predicted octanol–water partition coefficient (Wildman–Crippen LogP) is 9.86. The van der Waals surface area contributed by atoms with Crippen molar-refractivity contribution in [3.8, 4) is 40.1 Å². The van der Waals surface area contributed by atoms with Gasteiger partial charge in [0, 0.05) is 17.7 Å². The smallest absolute Gasteiger partial charge is 0.239 e. The van der Waals surface area contributed by atoms with E-state index in [0.29, 0.717) is 55.0 Å². The lowest BCUT2D eigenvalue weighted by atomic mass is 10.0. The molecule has 8 nitrogen and oxygen atoms in total. The van der Waals surface area contributed by atoms with Crippen LogP contribution in [0.3, 0.4) is 0 Å². The zero-order valence-corrected chi connectivity index (χ0v) is 30.4. The molecule has 8 rings (SSSR count). The van der Waals surface area contributed by atoms with Crippen molar-refractivity contribution in [1.29, 1.82) is 0 Å². The average Bonchev–Trinajstić information content (AvgIpc) is 3.21. The first kappa shape index (κ1) is 35.5. The first-order valence-electron chi connectivity index (χ1n) is 18.3. The van der Waals surface area contributed by atoms with E-state index in [-0.39, 0.29) is 47.2 Å². The van der Waals surface area contributed by atoms with Crippen LogP contribution in [0.2, 0.25) is 0 Å². The molecule has 55 heavy (non-hydrogen) atoms. The van der Waals surface area contributed by atoms with Crippen molar-refractivity contribution in [3.63, 3.8) is 0 Å². The minimum Gasteiger partial charge on any atom is -0.489 e. The molecule has 1 fully saturated rings. The number of hydrogen-bond acceptors (Lipinski definition) is 8. The SMILES string of the molecule is Cc1cc(-c2oc3cc(OCc4ccccc4)cc(OCc4ccccc4)c3c(=O)c2OCc2ccccc2)cc(OCc2ccccc2)c1OC1COC1. The number of aryl methyl sites for hydroxylation is 1. The molecule has 6 aromatic carbocycles. The standard InChI is InChI=1S/C47H40O8/c1-32-22-37(23-42(45(32)54-39-30-49-31-39)52-28-35-18-10-4-11-19-35)46-47(53-29-36-20-12-5-13-21-36)44(48)43-40(51-27-34-16-8-3-9-17-34)24-38(25-41(43)55-46)50-26-33-14-6-2-7-15-33/h2-25,39H,26-31H2,1H3. The lowest BCUT2D eigenvalue weighted by molar-refractivity contribution is -0.0807. The second-order valence-corrected chi connectivity index (χ2v) is 13.4. The van der Waals surface area contributed by atoms with Crippen molar-refractivity contribution in [2.24, 2.45) is 0 Å². The van der Waals surface area contributed by atoms with Crippen molar-refractivity contribution < 1.29 is 32.8 Å². The van der Waals surface area contributed by atoms with Gasteiger partial charge in [0.25, 0.3) is 0 Å². The quantitative estimate of drug-likeness (QED) is 0.103. The molecule has 0 spiro atoms. The molecular formula is C47H40O8. The molecule has 1 aromatic heterocycles. The Morgan fingerprint density at radius 1 is 0.564 bits per heavy atom. The molecular weight excluding hydrogens is 693 g/mol. The van der Waals surface area contributed by atoms with Crippen molar-refractivity contribution >= 4 is 11.0 Å². The fraction of sp³-hybridized carbons (Fsp3) is 0.170. The summed E-state index contributed by atoms with van der Waals surface area (Å²) in [4.78, 5) is 14.8. The van der Waals surface area contributed by atoms with E-state index in [1.807, 2.05) is 140 Å². The van der Waals surface area contributed by atoms with Crippen LogP contribution in [-0.2, 0) is 31.2 Å². The second kappa shape index (κ2) is 16.7. The number of ether oxygens (including phenoxy) is 6. The summed E-state index contributed by atoms with van der Waals surface area (Å²) >= 11 is 0. The highest BCUT2D eigenvalue weighted by Gasteiger charge is 2.27. The molecule has 276 valence electrons. The monoisotopic (exact) mass is 732 g/mol. The molecule has 2 heterocycles. The van der Waals surface area contributed by atoms with Gasteiger partial charge < -0.3 is 32.8 Å². The summed E-state index contributed by atoms with van der Waals surface area (Å²) in [5, 5.41) is 0.247. The lowest BCUT2D eigenvalue weighted by Crippen LogP contribution is -2.38. The first-order valence-corrected chi connectivity index (χ1v) is 18.3. The van der Waals surface area contributed by atoms with E-state index in [4.69, 9.17) is 32.8 Å². The highest BCUT2D eigenvalue weighted by Crippen LogP contribution is 2.42. The molecule has 7 aromatic rings. The molecule has 0 atom stereocenters. The fourth-order valence-electron chi connectivity index (χ4n) is 6.28. The van der Waals surface area contributed by atoms with Gasteiger partial charge in [0.2, 0.25) is 11.2 Å². The molecule has 1 aliphatic heterocycles. The normalized spacial score (nSPS) is 12.5. The van der Waals surface area contributed by atoms with Crippen LogP contribution < -0.4 is 29.1 Å². The van der Waals surface area contributed by atoms with Crippen LogP contribution in [0.25, 0.3) is 22.3 Å². The Morgan fingerprint density at radius 2 is 1.07 bits per heavy atom. The van der Waals surface area contributed by atoms with Crippen molar-refractivity contribution in [3.05, 3.63) is 184 Å². The van der Waals surface area contributed by atoms with Crippen molar-refractivity contribution in [2.45, 2.75) is 39.5 Å². The van der Waals surface area contributed by atoms with E-state index in [0.717, 1.165) is 27.8 Å². The van der Waals surface area contributed by atoms with Gasteiger partial charge in [0.1, 0.15) is 55.0 Å². The van der Waals surface area contributed by atoms with Crippen LogP contribution in [0, 0.1) is 6.92 Å². The molecule has 0 bridgehead atoms. The Kier molecular flexibility index (Phi) is 10.8. The van der Waals surface area contributed by atoms with Crippen LogP contribution in [0.1, 0.15) is 27.8 Å². The molecule has 1 aliphatic rings. The van der Waals surface area contributed by atoms with Gasteiger partial charge >= 0.3 is 0 Å². The zero-order valence-electron chi connectivity index (χ0n) is 30.4. The molecule has 0 radical (unpaired) electrons. The van der Waals surface area contributed by atoms with Crippen molar-refractivity contribution in [2.75, 3.05) is 13.2 Å². The number of benzene rings is 6. The number of fused-ring (bicyclic) bond motifs is 1. The van der Waals surface area contributed by atoms with E-state index in [1.165, 1.54) is 0 Å². The molecule has 0 N–H and O–H groups in total. The first-order chi connectivity index (χ1) is 27.1. The maximum absolute atomic E-state index is 14.8. The molecule has 1 saturated heterocycles. The Morgan fingerprint density at radius 3 is 1.60 bits per heavy atom. The maximum atomic E-state index is 14.8. The van der Waals surface area contributed by atoms with Crippen LogP contribution in [0.15, 0.2) is 155 Å². The van der Waals surface area contributed by atoms with E-state index in [1.54, 1.807) is 12.1 Å². The van der Waals surface area contributed by atoms with E-state index in [9.17, 15) is 4.79 Å². The number of hydrogen-bond donors (Lipinski definition) is 0. The summed E-state index contributed by atoms with van der Waals surface area (Å²) in [5.41, 5.74) is 5.14. The average molecular weight is 733 g/mol. The summed E-state index contributed by atoms with van der Waals surface area (Å²) in [6.45, 7) is 3.94. The van der Waals surface area contributed by atoms with Crippen LogP contribution >= 0.6 is 0 Å². The maximum Gasteiger partial charge on any atom is 0.239 e. The van der Waals surface area contributed by atoms with Crippen LogP contribution in [0.5, 0.6) is 28.7 Å². The summed E-state index contributed by atoms with van der Waals surface area (Å²) in [6.07, 6.45) is -0.0874. The topological polar surface area (TPSA) is 85.6 Å². The Bertz CT molecular complexity index is 2410. The molecule has 0 saturated carbocycles. The zero-order chi connectivity index (χ0) is 37.4. The summed E-state index contributed by atoms with van der Waals surface area (Å²) in [6, 6.07) is 46.5. The largest absolute Gasteiger partial charge is 0.489 e. The van der Waals surface area contributed by atoms with Gasteiger partial charge in [-0.3, -0.25) is 4.79 Å². The van der Waals surface area contributed by atoms with Gasteiger partial charge in [-0.2, -0.15) is 0 Å². The third-order valence-electron chi connectivity index (χ3n) is 9.23. The second-order valence-electron chi connectivity index (χ2n) is 13.4. The molecule has 0 unspecified atom stereocenters. The van der Waals surface area contributed by atoms with Crippen LogP contribution in [0.4, 0.5) is 0 Å². The summed E-state index contributed by atoms with van der Waals surface area (Å²) in [5.74, 6) is 2.22. The summed E-state index contributed by atoms with van der Waals surface area (Å²) < 4.78 is 44.0. The van der Waals surface area contributed by atoms with Crippen LogP contribution in [-0.4, -0.2) is 19.3 Å². The van der Waals surface area contributed by atoms with Gasteiger partial charge in [0.05, 0.1) is 13.2 Å². The third-order valence-corrected chi connectivity index (χ3v) is 9.23. The minimum atomic E-state index is -0.374. The molecule has 0 aliphatic carbocycles. The summed E-state index contributed by atoms with van der Waals surface area (Å²) in [7, 11) is 0. The Balaban J connectivity index is 1.26. The van der Waals surface area contributed by atoms with E-state index in [2.05, 4.69) is 0 Å². The van der Waals surface area contributed by atoms with Gasteiger partial charge in [-0.25, -0.2) is 0 Å². The van der Waals surface area contributed by atoms with Gasteiger partial charge in [-0.1, -0.05) is 121 Å². The van der Waals surface area contributed by atoms with Crippen molar-refractivity contribution in [1.82, 2.24) is 0 Å². The molecule has 0 amide bonds. The predicted molar refractivity (Wildman–Crippen MR) is 211 cm³/mol. The third kappa shape index (κ3) is 8.51. The number of rotatable bonds is 15. The fourth-order valence-corrected chi connectivity index (χ4v) is 6.28. The molecule has 8 heteroatoms. The van der Waals surface area contributed by atoms with E-state index >= 15 is 0 Å². The highest BCUT2D eigenvalue weighted by molar-refractivity contribution is 5.89. The Hall–Kier alpha value is -6.51. The minimum absolute atomic E-state index is 0.0494. The lowest BCUT2D eigenvalue weighted by Gasteiger charge is -2.28. The highest BCUT2D eigenvalue weighted by atomic mass is 16.6. The van der Waals surface area contributed by atoms with Gasteiger partial charge in [-0.05, 0) is 46.9 Å². The Labute approximate surface area is 319 Å². The van der Waals surface area contributed by atoms with Gasteiger partial charge in [-0.15, -0.1) is 0 Å². The van der Waals surface area contributed by atoms with E-state index < -0.39 is 0 Å².